The number of thioether (sulfide) groups is 1. The number of rotatable bonds is 6. The van der Waals surface area contributed by atoms with E-state index in [-0.39, 0.29) is 5.82 Å². The minimum absolute atomic E-state index is 0.283. The summed E-state index contributed by atoms with van der Waals surface area (Å²) in [6.45, 7) is 2.67. The maximum atomic E-state index is 13.0. The zero-order chi connectivity index (χ0) is 18.6. The Hall–Kier alpha value is -2.93. The Morgan fingerprint density at radius 3 is 2.59 bits per heavy atom. The van der Waals surface area contributed by atoms with Crippen LogP contribution in [0.1, 0.15) is 17.1 Å². The standard InChI is InChI=1S/C20H17FN4OS/c1-14-23-24-20(25(14)11-15-5-3-2-4-6-15)27-13-18-12-26-19(22-18)16-7-9-17(21)10-8-16/h2-10,12H,11,13H2,1H3. The lowest BCUT2D eigenvalue weighted by Gasteiger charge is -2.07. The smallest absolute Gasteiger partial charge is 0.226 e. The maximum absolute atomic E-state index is 13.0. The summed E-state index contributed by atoms with van der Waals surface area (Å²) in [7, 11) is 0. The van der Waals surface area contributed by atoms with Gasteiger partial charge in [0.2, 0.25) is 5.89 Å². The molecular weight excluding hydrogens is 363 g/mol. The lowest BCUT2D eigenvalue weighted by Crippen LogP contribution is -2.03. The van der Waals surface area contributed by atoms with Gasteiger partial charge in [0.1, 0.15) is 17.9 Å². The van der Waals surface area contributed by atoms with Gasteiger partial charge < -0.3 is 8.98 Å². The Morgan fingerprint density at radius 1 is 1.04 bits per heavy atom. The van der Waals surface area contributed by atoms with Gasteiger partial charge in [0.15, 0.2) is 5.16 Å². The average Bonchev–Trinajstić information content (AvgIpc) is 3.29. The Kier molecular flexibility index (Phi) is 5.02. The van der Waals surface area contributed by atoms with Crippen LogP contribution in [0.25, 0.3) is 11.5 Å². The fraction of sp³-hybridized carbons (Fsp3) is 0.150. The van der Waals surface area contributed by atoms with Crippen LogP contribution in [0.5, 0.6) is 0 Å². The third-order valence-electron chi connectivity index (χ3n) is 4.08. The van der Waals surface area contributed by atoms with E-state index < -0.39 is 0 Å². The van der Waals surface area contributed by atoms with Crippen LogP contribution in [-0.2, 0) is 12.3 Å². The molecule has 2 heterocycles. The van der Waals surface area contributed by atoms with E-state index in [4.69, 9.17) is 4.42 Å². The van der Waals surface area contributed by atoms with Gasteiger partial charge in [-0.05, 0) is 36.8 Å². The number of aryl methyl sites for hydroxylation is 1. The quantitative estimate of drug-likeness (QED) is 0.453. The summed E-state index contributed by atoms with van der Waals surface area (Å²) in [5, 5.41) is 9.31. The minimum Gasteiger partial charge on any atom is -0.444 e. The van der Waals surface area contributed by atoms with Crippen molar-refractivity contribution in [2.45, 2.75) is 24.4 Å². The molecule has 7 heteroatoms. The largest absolute Gasteiger partial charge is 0.444 e. The van der Waals surface area contributed by atoms with Gasteiger partial charge >= 0.3 is 0 Å². The zero-order valence-corrected chi connectivity index (χ0v) is 15.5. The first kappa shape index (κ1) is 17.5. The second-order valence-corrected chi connectivity index (χ2v) is 6.98. The highest BCUT2D eigenvalue weighted by Gasteiger charge is 2.12. The second kappa shape index (κ2) is 7.75. The molecule has 0 radical (unpaired) electrons. The first-order valence-electron chi connectivity index (χ1n) is 8.46. The van der Waals surface area contributed by atoms with Crippen LogP contribution in [-0.4, -0.2) is 19.7 Å². The van der Waals surface area contributed by atoms with E-state index in [0.29, 0.717) is 11.6 Å². The number of hydrogen-bond donors (Lipinski definition) is 0. The third-order valence-corrected chi connectivity index (χ3v) is 5.08. The predicted molar refractivity (Wildman–Crippen MR) is 102 cm³/mol. The fourth-order valence-electron chi connectivity index (χ4n) is 2.65. The number of hydrogen-bond acceptors (Lipinski definition) is 5. The lowest BCUT2D eigenvalue weighted by molar-refractivity contribution is 0.572. The van der Waals surface area contributed by atoms with Gasteiger partial charge in [0.05, 0.1) is 12.2 Å². The van der Waals surface area contributed by atoms with E-state index in [2.05, 4.69) is 31.9 Å². The second-order valence-electron chi connectivity index (χ2n) is 6.04. The van der Waals surface area contributed by atoms with Gasteiger partial charge in [0.25, 0.3) is 0 Å². The number of nitrogens with zero attached hydrogens (tertiary/aromatic N) is 4. The highest BCUT2D eigenvalue weighted by Crippen LogP contribution is 2.25. The average molecular weight is 380 g/mol. The topological polar surface area (TPSA) is 56.7 Å². The van der Waals surface area contributed by atoms with Gasteiger partial charge in [-0.25, -0.2) is 9.37 Å². The number of halogens is 1. The molecule has 0 saturated heterocycles. The maximum Gasteiger partial charge on any atom is 0.226 e. The number of oxazole rings is 1. The predicted octanol–water partition coefficient (Wildman–Crippen LogP) is 4.72. The molecule has 0 aliphatic heterocycles. The molecule has 0 bridgehead atoms. The molecule has 0 N–H and O–H groups in total. The fourth-order valence-corrected chi connectivity index (χ4v) is 3.51. The first-order chi connectivity index (χ1) is 13.2. The molecule has 27 heavy (non-hydrogen) atoms. The van der Waals surface area contributed by atoms with Crippen molar-refractivity contribution in [3.63, 3.8) is 0 Å². The van der Waals surface area contributed by atoms with Gasteiger partial charge in [-0.15, -0.1) is 10.2 Å². The molecule has 0 atom stereocenters. The van der Waals surface area contributed by atoms with Crippen molar-refractivity contribution in [3.8, 4) is 11.5 Å². The molecule has 0 aliphatic carbocycles. The molecule has 0 aliphatic rings. The van der Waals surface area contributed by atoms with Crippen molar-refractivity contribution in [3.05, 3.63) is 83.8 Å². The summed E-state index contributed by atoms with van der Waals surface area (Å²) in [6, 6.07) is 16.3. The van der Waals surface area contributed by atoms with E-state index >= 15 is 0 Å². The Bertz CT molecular complexity index is 1030. The Labute approximate surface area is 160 Å². The molecule has 0 saturated carbocycles. The molecule has 4 aromatic rings. The molecule has 5 nitrogen and oxygen atoms in total. The summed E-state index contributed by atoms with van der Waals surface area (Å²) in [5.41, 5.74) is 2.74. The van der Waals surface area contributed by atoms with E-state index in [1.165, 1.54) is 17.7 Å². The molecule has 0 unspecified atom stereocenters. The number of benzene rings is 2. The summed E-state index contributed by atoms with van der Waals surface area (Å²) in [6.07, 6.45) is 1.62. The van der Waals surface area contributed by atoms with Gasteiger partial charge in [-0.1, -0.05) is 42.1 Å². The van der Waals surface area contributed by atoms with E-state index in [1.54, 1.807) is 30.2 Å². The van der Waals surface area contributed by atoms with Crippen molar-refractivity contribution in [2.24, 2.45) is 0 Å². The Morgan fingerprint density at radius 2 is 1.81 bits per heavy atom. The molecule has 2 aromatic carbocycles. The van der Waals surface area contributed by atoms with Gasteiger partial charge in [-0.3, -0.25) is 0 Å². The van der Waals surface area contributed by atoms with Crippen LogP contribution in [0.15, 0.2) is 70.4 Å². The van der Waals surface area contributed by atoms with Crippen LogP contribution in [0.3, 0.4) is 0 Å². The summed E-state index contributed by atoms with van der Waals surface area (Å²) < 4.78 is 20.6. The van der Waals surface area contributed by atoms with Gasteiger partial charge in [0, 0.05) is 11.3 Å². The highest BCUT2D eigenvalue weighted by atomic mass is 32.2. The van der Waals surface area contributed by atoms with Gasteiger partial charge in [-0.2, -0.15) is 0 Å². The van der Waals surface area contributed by atoms with Crippen molar-refractivity contribution >= 4 is 11.8 Å². The van der Waals surface area contributed by atoms with Crippen LogP contribution in [0, 0.1) is 12.7 Å². The van der Waals surface area contributed by atoms with Crippen molar-refractivity contribution in [1.82, 2.24) is 19.7 Å². The molecule has 0 fully saturated rings. The van der Waals surface area contributed by atoms with Crippen molar-refractivity contribution < 1.29 is 8.81 Å². The lowest BCUT2D eigenvalue weighted by atomic mass is 10.2. The van der Waals surface area contributed by atoms with Crippen LogP contribution in [0.2, 0.25) is 0 Å². The molecular formula is C20H17FN4OS. The van der Waals surface area contributed by atoms with Crippen LogP contribution >= 0.6 is 11.8 Å². The molecule has 0 spiro atoms. The Balaban J connectivity index is 1.46. The van der Waals surface area contributed by atoms with E-state index in [1.807, 2.05) is 25.1 Å². The normalized spacial score (nSPS) is 11.0. The van der Waals surface area contributed by atoms with Crippen LogP contribution in [0.4, 0.5) is 4.39 Å². The zero-order valence-electron chi connectivity index (χ0n) is 14.7. The molecule has 136 valence electrons. The summed E-state index contributed by atoms with van der Waals surface area (Å²) in [5.74, 6) is 1.67. The first-order valence-corrected chi connectivity index (χ1v) is 9.44. The SMILES string of the molecule is Cc1nnc(SCc2coc(-c3ccc(F)cc3)n2)n1Cc1ccccc1. The highest BCUT2D eigenvalue weighted by molar-refractivity contribution is 7.98. The summed E-state index contributed by atoms with van der Waals surface area (Å²) in [4.78, 5) is 4.48. The van der Waals surface area contributed by atoms with Crippen LogP contribution < -0.4 is 0 Å². The van der Waals surface area contributed by atoms with Crippen molar-refractivity contribution in [1.29, 1.82) is 0 Å². The van der Waals surface area contributed by atoms with E-state index in [9.17, 15) is 4.39 Å². The summed E-state index contributed by atoms with van der Waals surface area (Å²) >= 11 is 1.56. The minimum atomic E-state index is -0.283. The number of aromatic nitrogens is 4. The molecule has 0 amide bonds. The van der Waals surface area contributed by atoms with Crippen molar-refractivity contribution in [2.75, 3.05) is 0 Å². The molecule has 4 rings (SSSR count). The van der Waals surface area contributed by atoms with E-state index in [0.717, 1.165) is 28.8 Å². The third kappa shape index (κ3) is 4.09. The molecule has 2 aromatic heterocycles. The monoisotopic (exact) mass is 380 g/mol.